The van der Waals surface area contributed by atoms with Gasteiger partial charge in [-0.3, -0.25) is 9.59 Å². The number of hydrogen-bond acceptors (Lipinski definition) is 4. The van der Waals surface area contributed by atoms with Crippen molar-refractivity contribution in [3.63, 3.8) is 0 Å². The van der Waals surface area contributed by atoms with Crippen molar-refractivity contribution < 1.29 is 6.22 Å². The molecule has 8 nitrogen and oxygen atoms in total. The van der Waals surface area contributed by atoms with E-state index in [1.54, 1.807) is 0 Å². The van der Waals surface area contributed by atoms with Crippen molar-refractivity contribution in [3.05, 3.63) is 95.3 Å². The Morgan fingerprint density at radius 3 is 2.41 bits per heavy atom. The van der Waals surface area contributed by atoms with Crippen molar-refractivity contribution in [2.45, 2.75) is 39.3 Å². The first kappa shape index (κ1) is 26.4. The molecule has 8 heteroatoms. The number of nitrogens with zero attached hydrogens (tertiary/aromatic N) is 5. The zero-order chi connectivity index (χ0) is 29.8. The maximum Gasteiger partial charge on any atom is 0.274 e. The molecule has 0 bridgehead atoms. The molecule has 0 unspecified atom stereocenters. The molecule has 1 aliphatic rings. The van der Waals surface area contributed by atoms with Crippen LogP contribution in [0, 0.1) is 0 Å². The summed E-state index contributed by atoms with van der Waals surface area (Å²) in [7, 11) is 0. The van der Waals surface area contributed by atoms with E-state index in [1.165, 1.54) is 21.8 Å². The minimum Gasteiger partial charge on any atom is -0.343 e. The van der Waals surface area contributed by atoms with Crippen LogP contribution in [0.4, 0.5) is 0 Å². The van der Waals surface area contributed by atoms with E-state index in [1.807, 2.05) is 47.4 Å². The van der Waals surface area contributed by atoms with Gasteiger partial charge >= 0.3 is 0 Å². The highest BCUT2D eigenvalue weighted by atomic mass is 16.2. The number of rotatable bonds is 7. The van der Waals surface area contributed by atoms with Gasteiger partial charge in [0, 0.05) is 67.0 Å². The summed E-state index contributed by atoms with van der Waals surface area (Å²) in [6.45, 7) is 5.32. The number of aromatic amines is 1. The van der Waals surface area contributed by atoms with Gasteiger partial charge in [0.25, 0.3) is 5.56 Å². The standard InChI is InChI=1S/C36H32N6O2.H2/c1-2-41-30-13-7-6-12-25(30)26-20-24(15-16-31(26)41)35-38-29-21-27-28(37-34(36(44)39-27)23-10-4-3-5-11-23)22-32(29)42(35)19-9-18-40-17-8-14-33(40)43;/h3-7,10-13,15-16,20-22H,2,8-9,14,17-19H2,1H3,(H,39,44);1H. The topological polar surface area (TPSA) is 88.8 Å². The summed E-state index contributed by atoms with van der Waals surface area (Å²) >= 11 is 0. The van der Waals surface area contributed by atoms with E-state index in [0.29, 0.717) is 29.7 Å². The first-order valence-corrected chi connectivity index (χ1v) is 15.4. The molecule has 7 aromatic rings. The Bertz CT molecular complexity index is 2280. The predicted octanol–water partition coefficient (Wildman–Crippen LogP) is 6.99. The molecule has 1 aliphatic heterocycles. The average molecular weight is 583 g/mol. The molecule has 0 saturated carbocycles. The van der Waals surface area contributed by atoms with Crippen LogP contribution in [0.15, 0.2) is 89.7 Å². The fourth-order valence-electron chi connectivity index (χ4n) is 6.84. The number of nitrogens with one attached hydrogen (secondary N) is 1. The molecule has 1 amide bonds. The number of carbonyl (C=O) groups is 1. The van der Waals surface area contributed by atoms with Crippen LogP contribution in [0.2, 0.25) is 0 Å². The summed E-state index contributed by atoms with van der Waals surface area (Å²) < 4.78 is 4.61. The van der Waals surface area contributed by atoms with Gasteiger partial charge in [0.15, 0.2) is 0 Å². The Morgan fingerprint density at radius 1 is 0.773 bits per heavy atom. The van der Waals surface area contributed by atoms with Crippen LogP contribution >= 0.6 is 0 Å². The third-order valence-corrected chi connectivity index (χ3v) is 8.94. The van der Waals surface area contributed by atoms with Gasteiger partial charge in [-0.25, -0.2) is 9.97 Å². The van der Waals surface area contributed by atoms with Gasteiger partial charge < -0.3 is 19.0 Å². The first-order chi connectivity index (χ1) is 21.6. The molecule has 0 atom stereocenters. The van der Waals surface area contributed by atoms with Crippen LogP contribution < -0.4 is 5.56 Å². The van der Waals surface area contributed by atoms with Crippen LogP contribution in [0.3, 0.4) is 0 Å². The third-order valence-electron chi connectivity index (χ3n) is 8.94. The molecule has 1 N–H and O–H groups in total. The van der Waals surface area contributed by atoms with Crippen molar-refractivity contribution in [2.75, 3.05) is 13.1 Å². The highest BCUT2D eigenvalue weighted by Crippen LogP contribution is 2.34. The number of aryl methyl sites for hydroxylation is 2. The van der Waals surface area contributed by atoms with E-state index in [0.717, 1.165) is 60.5 Å². The van der Waals surface area contributed by atoms with Crippen LogP contribution in [0.5, 0.6) is 0 Å². The molecule has 4 aromatic carbocycles. The zero-order valence-corrected chi connectivity index (χ0v) is 24.6. The summed E-state index contributed by atoms with van der Waals surface area (Å²) in [5.41, 5.74) is 7.52. The second kappa shape index (κ2) is 10.5. The first-order valence-electron chi connectivity index (χ1n) is 15.4. The lowest BCUT2D eigenvalue weighted by atomic mass is 10.1. The highest BCUT2D eigenvalue weighted by molar-refractivity contribution is 6.09. The van der Waals surface area contributed by atoms with Gasteiger partial charge in [0.05, 0.1) is 22.1 Å². The Kier molecular flexibility index (Phi) is 6.29. The molecule has 8 rings (SSSR count). The minimum atomic E-state index is -0.226. The molecule has 4 heterocycles. The van der Waals surface area contributed by atoms with Crippen LogP contribution in [0.1, 0.15) is 27.6 Å². The lowest BCUT2D eigenvalue weighted by Crippen LogP contribution is -2.26. The molecule has 44 heavy (non-hydrogen) atoms. The second-order valence-corrected chi connectivity index (χ2v) is 11.6. The quantitative estimate of drug-likeness (QED) is 0.219. The molecule has 0 radical (unpaired) electrons. The number of benzene rings is 4. The maximum absolute atomic E-state index is 13.0. The smallest absolute Gasteiger partial charge is 0.274 e. The number of likely N-dealkylation sites (tertiary alicyclic amines) is 1. The highest BCUT2D eigenvalue weighted by Gasteiger charge is 2.21. The zero-order valence-electron chi connectivity index (χ0n) is 24.6. The second-order valence-electron chi connectivity index (χ2n) is 11.6. The van der Waals surface area contributed by atoms with Crippen molar-refractivity contribution in [1.82, 2.24) is 29.0 Å². The van der Waals surface area contributed by atoms with Gasteiger partial charge in [-0.15, -0.1) is 0 Å². The molecule has 1 saturated heterocycles. The van der Waals surface area contributed by atoms with E-state index in [-0.39, 0.29) is 12.9 Å². The number of hydrogen-bond donors (Lipinski definition) is 1. The molecule has 1 fully saturated rings. The summed E-state index contributed by atoms with van der Waals surface area (Å²) in [6, 6.07) is 28.6. The summed E-state index contributed by atoms with van der Waals surface area (Å²) in [5.74, 6) is 1.11. The Hall–Kier alpha value is -5.24. The molecule has 3 aromatic heterocycles. The van der Waals surface area contributed by atoms with E-state index in [9.17, 15) is 9.59 Å². The number of fused-ring (bicyclic) bond motifs is 5. The lowest BCUT2D eigenvalue weighted by molar-refractivity contribution is -0.127. The summed E-state index contributed by atoms with van der Waals surface area (Å²) in [4.78, 5) is 40.3. The molecule has 220 valence electrons. The third kappa shape index (κ3) is 4.28. The molecule has 0 aliphatic carbocycles. The van der Waals surface area contributed by atoms with E-state index >= 15 is 0 Å². The van der Waals surface area contributed by atoms with Gasteiger partial charge in [-0.2, -0.15) is 0 Å². The number of carbonyl (C=O) groups excluding carboxylic acids is 1. The van der Waals surface area contributed by atoms with E-state index < -0.39 is 0 Å². The SMILES string of the molecule is CCn1c2ccccc2c2cc(-c3nc4cc5[nH]c(=O)c(-c6ccccc6)nc5cc4n3CCCN3CCCC3=O)ccc21.[HH]. The average Bonchev–Trinajstić information content (AvgIpc) is 3.72. The maximum atomic E-state index is 13.0. The Labute approximate surface area is 255 Å². The van der Waals surface area contributed by atoms with Crippen LogP contribution in [0.25, 0.3) is 66.5 Å². The monoisotopic (exact) mass is 582 g/mol. The van der Waals surface area contributed by atoms with Gasteiger partial charge in [-0.05, 0) is 56.2 Å². The number of aromatic nitrogens is 5. The summed E-state index contributed by atoms with van der Waals surface area (Å²) in [6.07, 6.45) is 2.39. The largest absolute Gasteiger partial charge is 0.343 e. The molecular formula is C36H34N6O2. The number of para-hydroxylation sites is 1. The lowest BCUT2D eigenvalue weighted by Gasteiger charge is -2.16. The number of amides is 1. The van der Waals surface area contributed by atoms with Gasteiger partial charge in [0.1, 0.15) is 11.5 Å². The van der Waals surface area contributed by atoms with Crippen molar-refractivity contribution in [3.8, 4) is 22.6 Å². The number of imidazole rings is 1. The van der Waals surface area contributed by atoms with E-state index in [4.69, 9.17) is 9.97 Å². The predicted molar refractivity (Wildman–Crippen MR) is 178 cm³/mol. The Balaban J connectivity index is 0.00000325. The molecule has 0 spiro atoms. The summed E-state index contributed by atoms with van der Waals surface area (Å²) in [5, 5.41) is 2.42. The molecular weight excluding hydrogens is 548 g/mol. The number of H-pyrrole nitrogens is 1. The van der Waals surface area contributed by atoms with Gasteiger partial charge in [-0.1, -0.05) is 48.5 Å². The van der Waals surface area contributed by atoms with E-state index in [2.05, 4.69) is 63.5 Å². The normalized spacial score (nSPS) is 13.8. The minimum absolute atomic E-state index is 0. The van der Waals surface area contributed by atoms with Crippen molar-refractivity contribution in [1.29, 1.82) is 0 Å². The van der Waals surface area contributed by atoms with Crippen LogP contribution in [-0.2, 0) is 17.9 Å². The fraction of sp³-hybridized carbons (Fsp3) is 0.222. The Morgan fingerprint density at radius 2 is 1.59 bits per heavy atom. The van der Waals surface area contributed by atoms with Gasteiger partial charge in [0.2, 0.25) is 5.91 Å². The van der Waals surface area contributed by atoms with Crippen molar-refractivity contribution in [2.24, 2.45) is 0 Å². The van der Waals surface area contributed by atoms with Crippen molar-refractivity contribution >= 4 is 49.8 Å². The van der Waals surface area contributed by atoms with Crippen LogP contribution in [-0.4, -0.2) is 48.0 Å². The fourth-order valence-corrected chi connectivity index (χ4v) is 6.84.